The van der Waals surface area contributed by atoms with Crippen LogP contribution in [0.15, 0.2) is 30.3 Å². The fourth-order valence-electron chi connectivity index (χ4n) is 2.61. The second-order valence-electron chi connectivity index (χ2n) is 5.25. The number of halogens is 1. The van der Waals surface area contributed by atoms with Gasteiger partial charge in [0, 0.05) is 34.1 Å². The number of anilines is 1. The number of carbonyl (C=O) groups excluding carboxylic acids is 1. The maximum absolute atomic E-state index is 14.5. The van der Waals surface area contributed by atoms with Crippen molar-refractivity contribution in [3.05, 3.63) is 41.0 Å². The van der Waals surface area contributed by atoms with Crippen LogP contribution in [0.1, 0.15) is 4.88 Å². The van der Waals surface area contributed by atoms with Crippen LogP contribution in [0.5, 0.6) is 0 Å². The van der Waals surface area contributed by atoms with Gasteiger partial charge in [-0.1, -0.05) is 0 Å². The molecule has 2 unspecified atom stereocenters. The van der Waals surface area contributed by atoms with Gasteiger partial charge >= 0.3 is 0 Å². The molecule has 0 saturated carbocycles. The predicted octanol–water partition coefficient (Wildman–Crippen LogP) is 1.74. The molecule has 7 heteroatoms. The molecule has 0 spiro atoms. The lowest BCUT2D eigenvalue weighted by Gasteiger charge is -2.21. The lowest BCUT2D eigenvalue weighted by molar-refractivity contribution is -0.117. The summed E-state index contributed by atoms with van der Waals surface area (Å²) in [5.74, 6) is -0.370. The van der Waals surface area contributed by atoms with Crippen molar-refractivity contribution in [1.29, 1.82) is 0 Å². The highest BCUT2D eigenvalue weighted by molar-refractivity contribution is 7.15. The Hall–Kier alpha value is -1.80. The van der Waals surface area contributed by atoms with Gasteiger partial charge < -0.3 is 20.5 Å². The molecule has 23 heavy (non-hydrogen) atoms. The second kappa shape index (κ2) is 6.76. The van der Waals surface area contributed by atoms with Crippen molar-refractivity contribution in [3.8, 4) is 10.4 Å². The third-order valence-corrected chi connectivity index (χ3v) is 4.91. The predicted molar refractivity (Wildman–Crippen MR) is 86.8 cm³/mol. The SMILES string of the molecule is NCc1ccc(-c2ccc(N3CC(CO)OC3C=O)cc2F)s1. The van der Waals surface area contributed by atoms with E-state index in [2.05, 4.69) is 0 Å². The third kappa shape index (κ3) is 3.13. The molecule has 2 heterocycles. The summed E-state index contributed by atoms with van der Waals surface area (Å²) in [5.41, 5.74) is 6.64. The van der Waals surface area contributed by atoms with Crippen molar-refractivity contribution in [3.63, 3.8) is 0 Å². The van der Waals surface area contributed by atoms with Crippen LogP contribution in [0.2, 0.25) is 0 Å². The van der Waals surface area contributed by atoms with E-state index >= 15 is 0 Å². The molecule has 122 valence electrons. The van der Waals surface area contributed by atoms with E-state index in [-0.39, 0.29) is 12.4 Å². The molecule has 2 atom stereocenters. The van der Waals surface area contributed by atoms with Gasteiger partial charge in [0.2, 0.25) is 0 Å². The van der Waals surface area contributed by atoms with Gasteiger partial charge in [-0.05, 0) is 30.3 Å². The van der Waals surface area contributed by atoms with Crippen LogP contribution in [0.4, 0.5) is 10.1 Å². The van der Waals surface area contributed by atoms with Crippen LogP contribution in [-0.4, -0.2) is 36.9 Å². The molecule has 1 aromatic heterocycles. The third-order valence-electron chi connectivity index (χ3n) is 3.77. The smallest absolute Gasteiger partial charge is 0.187 e. The van der Waals surface area contributed by atoms with Gasteiger partial charge in [-0.15, -0.1) is 11.3 Å². The Kier molecular flexibility index (Phi) is 4.72. The number of hydrogen-bond acceptors (Lipinski definition) is 6. The molecular formula is C16H17FN2O3S. The molecule has 0 bridgehead atoms. The average Bonchev–Trinajstić information content (AvgIpc) is 3.21. The quantitative estimate of drug-likeness (QED) is 0.814. The molecule has 3 rings (SSSR count). The number of aliphatic hydroxyl groups is 1. The number of ether oxygens (including phenoxy) is 1. The summed E-state index contributed by atoms with van der Waals surface area (Å²) in [7, 11) is 0. The molecule has 1 aliphatic rings. The molecule has 2 aromatic rings. The Balaban J connectivity index is 1.88. The Labute approximate surface area is 137 Å². The summed E-state index contributed by atoms with van der Waals surface area (Å²) in [6.07, 6.45) is -0.603. The van der Waals surface area contributed by atoms with E-state index in [9.17, 15) is 9.18 Å². The van der Waals surface area contributed by atoms with Gasteiger partial charge in [0.05, 0.1) is 6.61 Å². The fourth-order valence-corrected chi connectivity index (χ4v) is 3.52. The number of thiophene rings is 1. The maximum atomic E-state index is 14.5. The van der Waals surface area contributed by atoms with Crippen molar-refractivity contribution in [1.82, 2.24) is 0 Å². The number of hydrogen-bond donors (Lipinski definition) is 2. The Morgan fingerprint density at radius 2 is 2.26 bits per heavy atom. The molecule has 0 amide bonds. The van der Waals surface area contributed by atoms with Crippen molar-refractivity contribution in [2.24, 2.45) is 5.73 Å². The first-order chi connectivity index (χ1) is 11.2. The Morgan fingerprint density at radius 1 is 1.43 bits per heavy atom. The normalized spacial score (nSPS) is 20.9. The minimum Gasteiger partial charge on any atom is -0.394 e. The van der Waals surface area contributed by atoms with E-state index in [4.69, 9.17) is 15.6 Å². The minimum atomic E-state index is -0.803. The summed E-state index contributed by atoms with van der Waals surface area (Å²) in [4.78, 5) is 14.6. The molecular weight excluding hydrogens is 319 g/mol. The molecule has 1 aromatic carbocycles. The largest absolute Gasteiger partial charge is 0.394 e. The maximum Gasteiger partial charge on any atom is 0.187 e. The van der Waals surface area contributed by atoms with Crippen LogP contribution in [0, 0.1) is 5.82 Å². The van der Waals surface area contributed by atoms with Crippen LogP contribution in [0.25, 0.3) is 10.4 Å². The van der Waals surface area contributed by atoms with Gasteiger partial charge in [-0.2, -0.15) is 0 Å². The van der Waals surface area contributed by atoms with Crippen LogP contribution < -0.4 is 10.6 Å². The van der Waals surface area contributed by atoms with E-state index in [1.54, 1.807) is 17.0 Å². The van der Waals surface area contributed by atoms with E-state index < -0.39 is 12.3 Å². The molecule has 3 N–H and O–H groups in total. The number of benzene rings is 1. The van der Waals surface area contributed by atoms with Gasteiger partial charge in [0.15, 0.2) is 12.5 Å². The first-order valence-corrected chi connectivity index (χ1v) is 8.05. The number of nitrogens with two attached hydrogens (primary N) is 1. The van der Waals surface area contributed by atoms with E-state index in [0.29, 0.717) is 30.6 Å². The first kappa shape index (κ1) is 16.1. The molecule has 5 nitrogen and oxygen atoms in total. The van der Waals surface area contributed by atoms with Crippen molar-refractivity contribution < 1.29 is 19.0 Å². The minimum absolute atomic E-state index is 0.182. The summed E-state index contributed by atoms with van der Waals surface area (Å²) in [5, 5.41) is 9.17. The monoisotopic (exact) mass is 336 g/mol. The van der Waals surface area contributed by atoms with Gasteiger partial charge in [0.1, 0.15) is 11.9 Å². The van der Waals surface area contributed by atoms with Gasteiger partial charge in [0.25, 0.3) is 0 Å². The van der Waals surface area contributed by atoms with E-state index in [0.717, 1.165) is 9.75 Å². The number of aliphatic hydroxyl groups excluding tert-OH is 1. The average molecular weight is 336 g/mol. The highest BCUT2D eigenvalue weighted by atomic mass is 32.1. The number of rotatable bonds is 5. The number of nitrogens with zero attached hydrogens (tertiary/aromatic N) is 1. The molecule has 1 aliphatic heterocycles. The summed E-state index contributed by atoms with van der Waals surface area (Å²) in [6.45, 7) is 0.590. The lowest BCUT2D eigenvalue weighted by Crippen LogP contribution is -2.31. The molecule has 1 saturated heterocycles. The lowest BCUT2D eigenvalue weighted by atomic mass is 10.1. The van der Waals surface area contributed by atoms with E-state index in [1.165, 1.54) is 17.4 Å². The van der Waals surface area contributed by atoms with Crippen LogP contribution in [-0.2, 0) is 16.1 Å². The zero-order valence-corrected chi connectivity index (χ0v) is 13.1. The summed E-state index contributed by atoms with van der Waals surface area (Å²) >= 11 is 1.45. The van der Waals surface area contributed by atoms with Crippen LogP contribution in [0.3, 0.4) is 0 Å². The number of aldehydes is 1. The second-order valence-corrected chi connectivity index (χ2v) is 6.42. The Bertz CT molecular complexity index is 706. The molecule has 0 aliphatic carbocycles. The van der Waals surface area contributed by atoms with Gasteiger partial charge in [-0.25, -0.2) is 4.39 Å². The van der Waals surface area contributed by atoms with Gasteiger partial charge in [-0.3, -0.25) is 4.79 Å². The zero-order chi connectivity index (χ0) is 16.4. The highest BCUT2D eigenvalue weighted by Crippen LogP contribution is 2.33. The number of carbonyl (C=O) groups is 1. The summed E-state index contributed by atoms with van der Waals surface area (Å²) < 4.78 is 19.9. The summed E-state index contributed by atoms with van der Waals surface area (Å²) in [6, 6.07) is 8.55. The highest BCUT2D eigenvalue weighted by Gasteiger charge is 2.32. The van der Waals surface area contributed by atoms with Crippen molar-refractivity contribution in [2.45, 2.75) is 18.9 Å². The zero-order valence-electron chi connectivity index (χ0n) is 12.3. The van der Waals surface area contributed by atoms with E-state index in [1.807, 2.05) is 12.1 Å². The van der Waals surface area contributed by atoms with Crippen molar-refractivity contribution >= 4 is 23.3 Å². The Morgan fingerprint density at radius 3 is 2.87 bits per heavy atom. The topological polar surface area (TPSA) is 75.8 Å². The fraction of sp³-hybridized carbons (Fsp3) is 0.312. The molecule has 0 radical (unpaired) electrons. The van der Waals surface area contributed by atoms with Crippen molar-refractivity contribution in [2.75, 3.05) is 18.1 Å². The standard InChI is InChI=1S/C16H17FN2O3S/c17-14-5-10(19-7-11(8-20)22-16(19)9-21)1-3-13(14)15-4-2-12(6-18)23-15/h1-5,9,11,16,20H,6-8,18H2. The molecule has 1 fully saturated rings. The first-order valence-electron chi connectivity index (χ1n) is 7.23. The van der Waals surface area contributed by atoms with Crippen LogP contribution >= 0.6 is 11.3 Å².